The molecule has 1 aliphatic carbocycles. The molecule has 6 heteroatoms. The minimum atomic E-state index is 0.807. The second-order valence-corrected chi connectivity index (χ2v) is 8.29. The van der Waals surface area contributed by atoms with Gasteiger partial charge in [0.05, 0.1) is 19.9 Å². The summed E-state index contributed by atoms with van der Waals surface area (Å²) in [5.41, 5.74) is 3.27. The highest BCUT2D eigenvalue weighted by atomic mass is 32.1. The third-order valence-electron chi connectivity index (χ3n) is 5.30. The molecule has 1 aromatic carbocycles. The fourth-order valence-electron chi connectivity index (χ4n) is 3.59. The van der Waals surface area contributed by atoms with Crippen LogP contribution in [0.15, 0.2) is 33.7 Å². The molecule has 1 heterocycles. The van der Waals surface area contributed by atoms with Crippen LogP contribution in [-0.2, 0) is 0 Å². The zero-order valence-electron chi connectivity index (χ0n) is 17.9. The third kappa shape index (κ3) is 5.72. The molecule has 1 fully saturated rings. The molecule has 1 aromatic heterocycles. The van der Waals surface area contributed by atoms with Crippen LogP contribution in [0.25, 0.3) is 11.3 Å². The number of aromatic nitrogens is 1. The molecule has 0 radical (unpaired) electrons. The molecule has 0 unspecified atom stereocenters. The molecule has 158 valence electrons. The lowest BCUT2D eigenvalue weighted by Crippen LogP contribution is -2.16. The highest BCUT2D eigenvalue weighted by Crippen LogP contribution is 2.34. The molecule has 0 bridgehead atoms. The molecule has 2 aromatic rings. The van der Waals surface area contributed by atoms with Crippen LogP contribution in [0.5, 0.6) is 11.5 Å². The summed E-state index contributed by atoms with van der Waals surface area (Å²) in [6.07, 6.45) is 10.8. The van der Waals surface area contributed by atoms with E-state index in [2.05, 4.69) is 12.3 Å². The second kappa shape index (κ2) is 11.2. The Labute approximate surface area is 178 Å². The number of hydrogen-bond acceptors (Lipinski definition) is 5. The van der Waals surface area contributed by atoms with Gasteiger partial charge in [-0.2, -0.15) is 5.10 Å². The van der Waals surface area contributed by atoms with Crippen molar-refractivity contribution in [3.63, 3.8) is 0 Å². The number of nitrogens with zero attached hydrogens (tertiary/aromatic N) is 3. The first-order valence-electron chi connectivity index (χ1n) is 10.8. The van der Waals surface area contributed by atoms with Gasteiger partial charge in [0.2, 0.25) is 4.80 Å². The van der Waals surface area contributed by atoms with Crippen molar-refractivity contribution in [1.29, 1.82) is 0 Å². The number of methoxy groups -OCH3 is 2. The van der Waals surface area contributed by atoms with Gasteiger partial charge in [-0.3, -0.25) is 4.99 Å². The molecule has 5 nitrogen and oxygen atoms in total. The highest BCUT2D eigenvalue weighted by Gasteiger charge is 2.15. The Kier molecular flexibility index (Phi) is 8.35. The van der Waals surface area contributed by atoms with Crippen molar-refractivity contribution in [1.82, 2.24) is 4.68 Å². The fourth-order valence-corrected chi connectivity index (χ4v) is 4.44. The van der Waals surface area contributed by atoms with Crippen LogP contribution in [-0.4, -0.2) is 31.2 Å². The van der Waals surface area contributed by atoms with Crippen LogP contribution < -0.4 is 14.3 Å². The summed E-state index contributed by atoms with van der Waals surface area (Å²) in [4.78, 5) is 5.80. The van der Waals surface area contributed by atoms with E-state index in [1.165, 1.54) is 37.8 Å². The highest BCUT2D eigenvalue weighted by molar-refractivity contribution is 7.07. The normalized spacial score (nSPS) is 15.7. The van der Waals surface area contributed by atoms with Gasteiger partial charge in [0.25, 0.3) is 0 Å². The molecule has 0 N–H and O–H groups in total. The Bertz CT molecular complexity index is 872. The van der Waals surface area contributed by atoms with Crippen LogP contribution in [0.4, 0.5) is 0 Å². The van der Waals surface area contributed by atoms with Gasteiger partial charge in [0.1, 0.15) is 11.5 Å². The SMILES string of the molecule is CCCCN=c1scc(-c2cc(OC)ccc2OC)n1N=C1CCCCCCC1. The van der Waals surface area contributed by atoms with Crippen molar-refractivity contribution < 1.29 is 9.47 Å². The molecule has 29 heavy (non-hydrogen) atoms. The predicted molar refractivity (Wildman–Crippen MR) is 121 cm³/mol. The number of hydrogen-bond donors (Lipinski definition) is 0. The van der Waals surface area contributed by atoms with Crippen LogP contribution in [0.3, 0.4) is 0 Å². The molecule has 0 spiro atoms. The average Bonchev–Trinajstić information content (AvgIpc) is 3.11. The van der Waals surface area contributed by atoms with Crippen molar-refractivity contribution in [2.24, 2.45) is 10.1 Å². The van der Waals surface area contributed by atoms with E-state index >= 15 is 0 Å². The summed E-state index contributed by atoms with van der Waals surface area (Å²) < 4.78 is 13.1. The van der Waals surface area contributed by atoms with E-state index in [0.29, 0.717) is 0 Å². The van der Waals surface area contributed by atoms with Crippen LogP contribution >= 0.6 is 11.3 Å². The Morgan fingerprint density at radius 3 is 2.48 bits per heavy atom. The average molecular weight is 416 g/mol. The first kappa shape index (κ1) is 21.6. The number of ether oxygens (including phenoxy) is 2. The van der Waals surface area contributed by atoms with E-state index in [9.17, 15) is 0 Å². The van der Waals surface area contributed by atoms with E-state index in [-0.39, 0.29) is 0 Å². The van der Waals surface area contributed by atoms with Crippen molar-refractivity contribution in [2.75, 3.05) is 20.8 Å². The van der Waals surface area contributed by atoms with Gasteiger partial charge in [-0.1, -0.05) is 32.6 Å². The summed E-state index contributed by atoms with van der Waals surface area (Å²) in [6, 6.07) is 5.89. The van der Waals surface area contributed by atoms with Gasteiger partial charge in [-0.15, -0.1) is 11.3 Å². The molecule has 0 amide bonds. The second-order valence-electron chi connectivity index (χ2n) is 7.45. The molecular weight excluding hydrogens is 382 g/mol. The maximum absolute atomic E-state index is 5.65. The summed E-state index contributed by atoms with van der Waals surface area (Å²) >= 11 is 1.64. The standard InChI is InChI=1S/C23H33N3O2S/c1-4-5-15-24-23-26(25-18-11-9-7-6-8-10-12-18)21(17-29-23)20-16-19(27-2)13-14-22(20)28-3/h13-14,16-17H,4-12,15H2,1-3H3. The van der Waals surface area contributed by atoms with Gasteiger partial charge in [0.15, 0.2) is 0 Å². The van der Waals surface area contributed by atoms with E-state index < -0.39 is 0 Å². The summed E-state index contributed by atoms with van der Waals surface area (Å²) in [7, 11) is 3.39. The smallest absolute Gasteiger partial charge is 0.206 e. The summed E-state index contributed by atoms with van der Waals surface area (Å²) in [6.45, 7) is 3.02. The number of benzene rings is 1. The predicted octanol–water partition coefficient (Wildman–Crippen LogP) is 5.88. The van der Waals surface area contributed by atoms with Crippen molar-refractivity contribution in [3.8, 4) is 22.8 Å². The fraction of sp³-hybridized carbons (Fsp3) is 0.565. The first-order valence-corrected chi connectivity index (χ1v) is 11.6. The van der Waals surface area contributed by atoms with Crippen molar-refractivity contribution >= 4 is 17.0 Å². The summed E-state index contributed by atoms with van der Waals surface area (Å²) in [5, 5.41) is 7.25. The first-order chi connectivity index (χ1) is 14.3. The maximum Gasteiger partial charge on any atom is 0.206 e. The van der Waals surface area contributed by atoms with E-state index in [1.807, 2.05) is 22.9 Å². The molecule has 0 saturated heterocycles. The van der Waals surface area contributed by atoms with Gasteiger partial charge < -0.3 is 9.47 Å². The number of rotatable bonds is 7. The Balaban J connectivity index is 2.09. The van der Waals surface area contributed by atoms with Crippen LogP contribution in [0, 0.1) is 0 Å². The quantitative estimate of drug-likeness (QED) is 0.530. The van der Waals surface area contributed by atoms with Gasteiger partial charge in [-0.25, -0.2) is 4.68 Å². The Hall–Kier alpha value is -2.08. The number of thiazole rings is 1. The van der Waals surface area contributed by atoms with Gasteiger partial charge in [-0.05, 0) is 50.3 Å². The zero-order chi connectivity index (χ0) is 20.5. The van der Waals surface area contributed by atoms with Gasteiger partial charge in [0, 0.05) is 23.2 Å². The molecule has 1 saturated carbocycles. The van der Waals surface area contributed by atoms with Crippen molar-refractivity contribution in [2.45, 2.75) is 64.7 Å². The lowest BCUT2D eigenvalue weighted by molar-refractivity contribution is 0.404. The largest absolute Gasteiger partial charge is 0.497 e. The minimum absolute atomic E-state index is 0.807. The molecule has 1 aliphatic rings. The molecule has 3 rings (SSSR count). The molecular formula is C23H33N3O2S. The van der Waals surface area contributed by atoms with Crippen LogP contribution in [0.2, 0.25) is 0 Å². The third-order valence-corrected chi connectivity index (χ3v) is 6.15. The summed E-state index contributed by atoms with van der Waals surface area (Å²) in [5.74, 6) is 1.62. The van der Waals surface area contributed by atoms with Crippen molar-refractivity contribution in [3.05, 3.63) is 28.4 Å². The van der Waals surface area contributed by atoms with E-state index in [4.69, 9.17) is 19.6 Å². The molecule has 0 aliphatic heterocycles. The molecule has 0 atom stereocenters. The minimum Gasteiger partial charge on any atom is -0.497 e. The van der Waals surface area contributed by atoms with E-state index in [0.717, 1.165) is 59.8 Å². The van der Waals surface area contributed by atoms with E-state index in [1.54, 1.807) is 25.6 Å². The topological polar surface area (TPSA) is 48.1 Å². The Morgan fingerprint density at radius 2 is 1.79 bits per heavy atom. The Morgan fingerprint density at radius 1 is 1.03 bits per heavy atom. The monoisotopic (exact) mass is 415 g/mol. The lowest BCUT2D eigenvalue weighted by Gasteiger charge is -2.14. The van der Waals surface area contributed by atoms with Crippen LogP contribution in [0.1, 0.15) is 64.7 Å². The number of unbranched alkanes of at least 4 members (excludes halogenated alkanes) is 1. The zero-order valence-corrected chi connectivity index (χ0v) is 18.8. The van der Waals surface area contributed by atoms with Gasteiger partial charge >= 0.3 is 0 Å². The lowest BCUT2D eigenvalue weighted by atomic mass is 9.99. The maximum atomic E-state index is 5.65.